The summed E-state index contributed by atoms with van der Waals surface area (Å²) in [5.74, 6) is 0.602. The molecule has 1 N–H and O–H groups in total. The number of anilines is 1. The standard InChI is InChI=1S/C31H28ClN5O3/c1-17-20(7-5-9-22(17)31-35-25-14-19(16-38)13-23(32)28(25)40-31)21-8-6-10-24(18(21)2)34-30(39)29-33-26-15-36(3)12-11-27(26)37(29)4/h5-10,13-14,16H,11-12,15H2,1-4H3,(H,34,39). The van der Waals surface area contributed by atoms with Crippen LogP contribution in [0.4, 0.5) is 5.69 Å². The fourth-order valence-electron chi connectivity index (χ4n) is 5.46. The summed E-state index contributed by atoms with van der Waals surface area (Å²) in [4.78, 5) is 36.1. The minimum absolute atomic E-state index is 0.233. The molecule has 0 saturated carbocycles. The third-order valence-corrected chi connectivity index (χ3v) is 7.97. The fourth-order valence-corrected chi connectivity index (χ4v) is 5.72. The van der Waals surface area contributed by atoms with Crippen LogP contribution in [0.2, 0.25) is 5.02 Å². The lowest BCUT2D eigenvalue weighted by atomic mass is 9.93. The first-order valence-corrected chi connectivity index (χ1v) is 13.4. The van der Waals surface area contributed by atoms with Crippen LogP contribution in [0.25, 0.3) is 33.7 Å². The topological polar surface area (TPSA) is 93.3 Å². The highest BCUT2D eigenvalue weighted by molar-refractivity contribution is 6.35. The second kappa shape index (κ2) is 10.0. The average Bonchev–Trinajstić information content (AvgIpc) is 3.51. The van der Waals surface area contributed by atoms with Gasteiger partial charge in [-0.2, -0.15) is 0 Å². The Morgan fingerprint density at radius 3 is 2.52 bits per heavy atom. The van der Waals surface area contributed by atoms with E-state index in [1.807, 2.05) is 61.9 Å². The molecule has 1 aliphatic rings. The van der Waals surface area contributed by atoms with Gasteiger partial charge in [-0.15, -0.1) is 0 Å². The predicted molar refractivity (Wildman–Crippen MR) is 156 cm³/mol. The van der Waals surface area contributed by atoms with E-state index in [2.05, 4.69) is 27.2 Å². The molecule has 5 aromatic rings. The number of nitrogens with one attached hydrogen (secondary N) is 1. The Labute approximate surface area is 236 Å². The number of hydrogen-bond donors (Lipinski definition) is 1. The van der Waals surface area contributed by atoms with Crippen molar-refractivity contribution in [2.24, 2.45) is 7.05 Å². The summed E-state index contributed by atoms with van der Waals surface area (Å²) < 4.78 is 7.95. The first kappa shape index (κ1) is 26.0. The van der Waals surface area contributed by atoms with Gasteiger partial charge in [0.15, 0.2) is 11.4 Å². The zero-order valence-corrected chi connectivity index (χ0v) is 23.5. The van der Waals surface area contributed by atoms with E-state index in [9.17, 15) is 9.59 Å². The summed E-state index contributed by atoms with van der Waals surface area (Å²) in [6, 6.07) is 15.0. The smallest absolute Gasteiger partial charge is 0.291 e. The van der Waals surface area contributed by atoms with Crippen molar-refractivity contribution >= 4 is 40.6 Å². The first-order chi connectivity index (χ1) is 19.2. The Kier molecular flexibility index (Phi) is 6.52. The molecule has 0 radical (unpaired) electrons. The number of nitrogens with zero attached hydrogens (tertiary/aromatic N) is 4. The molecule has 202 valence electrons. The number of benzene rings is 3. The van der Waals surface area contributed by atoms with E-state index in [1.54, 1.807) is 12.1 Å². The highest BCUT2D eigenvalue weighted by Crippen LogP contribution is 2.37. The summed E-state index contributed by atoms with van der Waals surface area (Å²) in [5, 5.41) is 3.43. The number of oxazole rings is 1. The van der Waals surface area contributed by atoms with Gasteiger partial charge in [-0.25, -0.2) is 9.97 Å². The number of amides is 1. The minimum atomic E-state index is -0.233. The molecule has 0 aliphatic carbocycles. The average molecular weight is 554 g/mol. The van der Waals surface area contributed by atoms with Crippen LogP contribution < -0.4 is 5.32 Å². The lowest BCUT2D eigenvalue weighted by Gasteiger charge is -2.21. The normalized spacial score (nSPS) is 13.4. The Hall–Kier alpha value is -4.27. The van der Waals surface area contributed by atoms with E-state index in [1.165, 1.54) is 0 Å². The molecule has 0 unspecified atom stereocenters. The van der Waals surface area contributed by atoms with Crippen LogP contribution in [0.1, 0.15) is 43.5 Å². The van der Waals surface area contributed by atoms with Crippen molar-refractivity contribution in [3.8, 4) is 22.6 Å². The monoisotopic (exact) mass is 553 g/mol. The van der Waals surface area contributed by atoms with Crippen LogP contribution >= 0.6 is 11.6 Å². The van der Waals surface area contributed by atoms with Crippen LogP contribution in [0, 0.1) is 13.8 Å². The summed E-state index contributed by atoms with van der Waals surface area (Å²) in [7, 11) is 3.97. The number of rotatable bonds is 5. The highest BCUT2D eigenvalue weighted by atomic mass is 35.5. The molecule has 6 rings (SSSR count). The fraction of sp³-hybridized carbons (Fsp3) is 0.226. The van der Waals surface area contributed by atoms with E-state index in [0.717, 1.165) is 70.7 Å². The maximum atomic E-state index is 13.3. The second-order valence-electron chi connectivity index (χ2n) is 10.3. The van der Waals surface area contributed by atoms with Gasteiger partial charge in [0.25, 0.3) is 5.91 Å². The largest absolute Gasteiger partial charge is 0.434 e. The predicted octanol–water partition coefficient (Wildman–Crippen LogP) is 6.22. The lowest BCUT2D eigenvalue weighted by Crippen LogP contribution is -2.27. The van der Waals surface area contributed by atoms with Gasteiger partial charge in [-0.3, -0.25) is 9.59 Å². The van der Waals surface area contributed by atoms with Gasteiger partial charge in [-0.05, 0) is 67.4 Å². The Morgan fingerprint density at radius 2 is 1.75 bits per heavy atom. The third kappa shape index (κ3) is 4.39. The zero-order chi connectivity index (χ0) is 28.1. The summed E-state index contributed by atoms with van der Waals surface area (Å²) in [6.07, 6.45) is 1.61. The number of aromatic nitrogens is 3. The Bertz CT molecular complexity index is 1820. The number of hydrogen-bond acceptors (Lipinski definition) is 6. The third-order valence-electron chi connectivity index (χ3n) is 7.69. The number of imidazole rings is 1. The molecule has 0 fully saturated rings. The molecule has 0 saturated heterocycles. The Balaban J connectivity index is 1.34. The van der Waals surface area contributed by atoms with Crippen LogP contribution in [0.5, 0.6) is 0 Å². The van der Waals surface area contributed by atoms with Gasteiger partial charge in [0.1, 0.15) is 11.8 Å². The SMILES string of the molecule is Cc1c(NC(=O)c2nc3c(n2C)CCN(C)C3)cccc1-c1cccc(-c2nc3cc(C=O)cc(Cl)c3o2)c1C. The molecule has 9 heteroatoms. The van der Waals surface area contributed by atoms with E-state index in [4.69, 9.17) is 16.0 Å². The minimum Gasteiger partial charge on any atom is -0.434 e. The van der Waals surface area contributed by atoms with Gasteiger partial charge in [-0.1, -0.05) is 35.9 Å². The van der Waals surface area contributed by atoms with Crippen molar-refractivity contribution in [1.82, 2.24) is 19.4 Å². The maximum Gasteiger partial charge on any atom is 0.291 e. The van der Waals surface area contributed by atoms with Gasteiger partial charge in [0.2, 0.25) is 5.89 Å². The molecule has 8 nitrogen and oxygen atoms in total. The second-order valence-corrected chi connectivity index (χ2v) is 10.7. The number of likely N-dealkylation sites (N-methyl/N-ethyl adjacent to an activating group) is 1. The molecule has 40 heavy (non-hydrogen) atoms. The summed E-state index contributed by atoms with van der Waals surface area (Å²) in [6.45, 7) is 5.70. The molecular formula is C31H28ClN5O3. The van der Waals surface area contributed by atoms with Crippen molar-refractivity contribution in [3.63, 3.8) is 0 Å². The van der Waals surface area contributed by atoms with E-state index >= 15 is 0 Å². The maximum absolute atomic E-state index is 13.3. The summed E-state index contributed by atoms with van der Waals surface area (Å²) in [5.41, 5.74) is 8.89. The molecule has 3 aromatic carbocycles. The molecule has 3 heterocycles. The van der Waals surface area contributed by atoms with Crippen molar-refractivity contribution in [2.75, 3.05) is 18.9 Å². The molecule has 0 spiro atoms. The van der Waals surface area contributed by atoms with Gasteiger partial charge in [0, 0.05) is 49.1 Å². The number of carbonyl (C=O) groups excluding carboxylic acids is 2. The number of aldehydes is 1. The van der Waals surface area contributed by atoms with E-state index in [0.29, 0.717) is 33.4 Å². The van der Waals surface area contributed by atoms with Gasteiger partial charge in [0.05, 0.1) is 10.7 Å². The van der Waals surface area contributed by atoms with Crippen LogP contribution in [-0.2, 0) is 20.0 Å². The zero-order valence-electron chi connectivity index (χ0n) is 22.7. The lowest BCUT2D eigenvalue weighted by molar-refractivity contribution is 0.101. The quantitative estimate of drug-likeness (QED) is 0.260. The molecular weight excluding hydrogens is 526 g/mol. The van der Waals surface area contributed by atoms with Crippen molar-refractivity contribution in [3.05, 3.63) is 87.5 Å². The van der Waals surface area contributed by atoms with Crippen LogP contribution in [0.3, 0.4) is 0 Å². The number of halogens is 1. The summed E-state index contributed by atoms with van der Waals surface area (Å²) >= 11 is 6.34. The highest BCUT2D eigenvalue weighted by Gasteiger charge is 2.24. The van der Waals surface area contributed by atoms with Gasteiger partial charge >= 0.3 is 0 Å². The molecule has 0 bridgehead atoms. The molecule has 1 aliphatic heterocycles. The molecule has 1 amide bonds. The number of carbonyl (C=O) groups is 2. The number of fused-ring (bicyclic) bond motifs is 2. The van der Waals surface area contributed by atoms with E-state index < -0.39 is 0 Å². The first-order valence-electron chi connectivity index (χ1n) is 13.0. The molecule has 0 atom stereocenters. The van der Waals surface area contributed by atoms with Crippen LogP contribution in [-0.4, -0.2) is 45.2 Å². The van der Waals surface area contributed by atoms with Crippen molar-refractivity contribution in [2.45, 2.75) is 26.8 Å². The van der Waals surface area contributed by atoms with Gasteiger partial charge < -0.3 is 19.2 Å². The van der Waals surface area contributed by atoms with Crippen molar-refractivity contribution < 1.29 is 14.0 Å². The Morgan fingerprint density at radius 1 is 1.02 bits per heavy atom. The van der Waals surface area contributed by atoms with Crippen molar-refractivity contribution in [1.29, 1.82) is 0 Å². The van der Waals surface area contributed by atoms with Crippen LogP contribution in [0.15, 0.2) is 52.9 Å². The molecule has 2 aromatic heterocycles. The van der Waals surface area contributed by atoms with E-state index in [-0.39, 0.29) is 5.91 Å².